The highest BCUT2D eigenvalue weighted by Crippen LogP contribution is 2.18. The van der Waals surface area contributed by atoms with E-state index >= 15 is 0 Å². The molecule has 1 heterocycles. The molecule has 2 rings (SSSR count). The van der Waals surface area contributed by atoms with Crippen molar-refractivity contribution in [2.24, 2.45) is 0 Å². The highest BCUT2D eigenvalue weighted by atomic mass is 16.1. The van der Waals surface area contributed by atoms with Crippen molar-refractivity contribution in [3.8, 4) is 18.0 Å². The maximum atomic E-state index is 11.7. The lowest BCUT2D eigenvalue weighted by atomic mass is 10.2. The van der Waals surface area contributed by atoms with Gasteiger partial charge in [-0.15, -0.1) is 6.42 Å². The molecule has 0 fully saturated rings. The fourth-order valence-electron chi connectivity index (χ4n) is 1.63. The number of hydrogen-bond acceptors (Lipinski definition) is 3. The number of rotatable bonds is 5. The van der Waals surface area contributed by atoms with Crippen LogP contribution < -0.4 is 10.6 Å². The zero-order valence-electron chi connectivity index (χ0n) is 10.3. The molecule has 5 nitrogen and oxygen atoms in total. The Hall–Kier alpha value is -2.58. The number of hydrogen-bond donors (Lipinski definition) is 2. The summed E-state index contributed by atoms with van der Waals surface area (Å²) in [6.45, 7) is 0.547. The van der Waals surface area contributed by atoms with Gasteiger partial charge in [-0.05, 0) is 18.2 Å². The Morgan fingerprint density at radius 1 is 1.37 bits per heavy atom. The molecule has 0 saturated heterocycles. The Kier molecular flexibility index (Phi) is 4.32. The molecule has 2 aromatic rings. The van der Waals surface area contributed by atoms with Crippen LogP contribution in [0.1, 0.15) is 0 Å². The predicted octanol–water partition coefficient (Wildman–Crippen LogP) is 1.03. The van der Waals surface area contributed by atoms with Crippen LogP contribution in [0.3, 0.4) is 0 Å². The largest absolute Gasteiger partial charge is 0.323 e. The second-order valence-corrected chi connectivity index (χ2v) is 3.82. The summed E-state index contributed by atoms with van der Waals surface area (Å²) in [4.78, 5) is 11.7. The van der Waals surface area contributed by atoms with Gasteiger partial charge in [0.05, 0.1) is 24.5 Å². The van der Waals surface area contributed by atoms with Crippen LogP contribution >= 0.6 is 0 Å². The molecule has 96 valence electrons. The Morgan fingerprint density at radius 2 is 2.21 bits per heavy atom. The fourth-order valence-corrected chi connectivity index (χ4v) is 1.63. The van der Waals surface area contributed by atoms with Gasteiger partial charge in [-0.25, -0.2) is 4.68 Å². The molecule has 0 radical (unpaired) electrons. The van der Waals surface area contributed by atoms with Crippen molar-refractivity contribution in [3.05, 3.63) is 42.7 Å². The van der Waals surface area contributed by atoms with Crippen LogP contribution in [0.2, 0.25) is 0 Å². The monoisotopic (exact) mass is 254 g/mol. The lowest BCUT2D eigenvalue weighted by Gasteiger charge is -2.10. The molecule has 19 heavy (non-hydrogen) atoms. The minimum atomic E-state index is -0.144. The van der Waals surface area contributed by atoms with Gasteiger partial charge >= 0.3 is 0 Å². The lowest BCUT2D eigenvalue weighted by molar-refractivity contribution is -0.115. The van der Waals surface area contributed by atoms with E-state index in [2.05, 4.69) is 21.7 Å². The minimum Gasteiger partial charge on any atom is -0.323 e. The van der Waals surface area contributed by atoms with Crippen molar-refractivity contribution in [3.63, 3.8) is 0 Å². The van der Waals surface area contributed by atoms with Crippen LogP contribution in [0.4, 0.5) is 5.69 Å². The summed E-state index contributed by atoms with van der Waals surface area (Å²) in [6, 6.07) is 9.29. The van der Waals surface area contributed by atoms with E-state index in [1.165, 1.54) is 0 Å². The third-order valence-electron chi connectivity index (χ3n) is 2.44. The average molecular weight is 254 g/mol. The lowest BCUT2D eigenvalue weighted by Crippen LogP contribution is -2.28. The van der Waals surface area contributed by atoms with E-state index in [0.717, 1.165) is 5.69 Å². The molecule has 0 bridgehead atoms. The van der Waals surface area contributed by atoms with E-state index in [0.29, 0.717) is 12.2 Å². The highest BCUT2D eigenvalue weighted by molar-refractivity contribution is 5.94. The molecule has 0 aliphatic rings. The van der Waals surface area contributed by atoms with Crippen molar-refractivity contribution in [1.82, 2.24) is 15.1 Å². The number of terminal acetylenes is 1. The van der Waals surface area contributed by atoms with Crippen LogP contribution in [0.15, 0.2) is 42.7 Å². The summed E-state index contributed by atoms with van der Waals surface area (Å²) in [7, 11) is 0. The first-order chi connectivity index (χ1) is 9.31. The minimum absolute atomic E-state index is 0.144. The van der Waals surface area contributed by atoms with Gasteiger partial charge in [-0.1, -0.05) is 18.1 Å². The third-order valence-corrected chi connectivity index (χ3v) is 2.44. The number of carbonyl (C=O) groups excluding carboxylic acids is 1. The van der Waals surface area contributed by atoms with Crippen LogP contribution in [0.5, 0.6) is 0 Å². The van der Waals surface area contributed by atoms with Gasteiger partial charge in [0.15, 0.2) is 0 Å². The quantitative estimate of drug-likeness (QED) is 0.619. The summed E-state index contributed by atoms with van der Waals surface area (Å²) in [5.41, 5.74) is 1.52. The van der Waals surface area contributed by atoms with Crippen molar-refractivity contribution < 1.29 is 4.79 Å². The first-order valence-electron chi connectivity index (χ1n) is 5.84. The SMILES string of the molecule is C#CCNCC(=O)Nc1ccccc1-n1cccn1. The Bertz CT molecular complexity index is 584. The molecule has 0 unspecified atom stereocenters. The Morgan fingerprint density at radius 3 is 2.95 bits per heavy atom. The summed E-state index contributed by atoms with van der Waals surface area (Å²) < 4.78 is 1.70. The standard InChI is InChI=1S/C14H14N4O/c1-2-8-15-11-14(19)17-12-6-3-4-7-13(12)18-10-5-9-16-18/h1,3-7,9-10,15H,8,11H2,(H,17,19). The maximum absolute atomic E-state index is 11.7. The predicted molar refractivity (Wildman–Crippen MR) is 73.9 cm³/mol. The van der Waals surface area contributed by atoms with Gasteiger partial charge in [-0.3, -0.25) is 10.1 Å². The smallest absolute Gasteiger partial charge is 0.238 e. The van der Waals surface area contributed by atoms with Crippen LogP contribution in [0.25, 0.3) is 5.69 Å². The summed E-state index contributed by atoms with van der Waals surface area (Å²) in [6.07, 6.45) is 8.61. The van der Waals surface area contributed by atoms with Crippen molar-refractivity contribution in [2.75, 3.05) is 18.4 Å². The highest BCUT2D eigenvalue weighted by Gasteiger charge is 2.07. The second kappa shape index (κ2) is 6.38. The third kappa shape index (κ3) is 3.44. The molecule has 0 spiro atoms. The molecule has 5 heteroatoms. The van der Waals surface area contributed by atoms with E-state index in [9.17, 15) is 4.79 Å². The molecule has 1 aromatic carbocycles. The van der Waals surface area contributed by atoms with Gasteiger partial charge in [-0.2, -0.15) is 5.10 Å². The molecule has 1 aromatic heterocycles. The van der Waals surface area contributed by atoms with E-state index in [1.807, 2.05) is 36.5 Å². The number of para-hydroxylation sites is 2. The molecule has 1 amide bonds. The number of nitrogens with one attached hydrogen (secondary N) is 2. The molecular weight excluding hydrogens is 240 g/mol. The number of carbonyl (C=O) groups is 1. The van der Waals surface area contributed by atoms with Crippen molar-refractivity contribution in [2.45, 2.75) is 0 Å². The van der Waals surface area contributed by atoms with Gasteiger partial charge in [0.1, 0.15) is 0 Å². The number of aromatic nitrogens is 2. The van der Waals surface area contributed by atoms with E-state index in [1.54, 1.807) is 10.9 Å². The zero-order valence-corrected chi connectivity index (χ0v) is 10.3. The van der Waals surface area contributed by atoms with Gasteiger partial charge in [0.25, 0.3) is 0 Å². The number of amides is 1. The number of benzene rings is 1. The topological polar surface area (TPSA) is 59.0 Å². The van der Waals surface area contributed by atoms with E-state index in [-0.39, 0.29) is 12.5 Å². The molecule has 2 N–H and O–H groups in total. The van der Waals surface area contributed by atoms with E-state index < -0.39 is 0 Å². The Labute approximate surface area is 111 Å². The van der Waals surface area contributed by atoms with Gasteiger partial charge in [0, 0.05) is 12.4 Å². The van der Waals surface area contributed by atoms with Crippen molar-refractivity contribution in [1.29, 1.82) is 0 Å². The second-order valence-electron chi connectivity index (χ2n) is 3.82. The molecule has 0 atom stereocenters. The zero-order chi connectivity index (χ0) is 13.5. The van der Waals surface area contributed by atoms with Crippen molar-refractivity contribution >= 4 is 11.6 Å². The number of nitrogens with zero attached hydrogens (tertiary/aromatic N) is 2. The number of anilines is 1. The maximum Gasteiger partial charge on any atom is 0.238 e. The molecule has 0 aliphatic heterocycles. The van der Waals surface area contributed by atoms with Crippen LogP contribution in [0, 0.1) is 12.3 Å². The fraction of sp³-hybridized carbons (Fsp3) is 0.143. The molecule has 0 aliphatic carbocycles. The summed E-state index contributed by atoms with van der Waals surface area (Å²) >= 11 is 0. The normalized spacial score (nSPS) is 9.84. The van der Waals surface area contributed by atoms with Crippen LogP contribution in [-0.2, 0) is 4.79 Å². The average Bonchev–Trinajstić information content (AvgIpc) is 2.93. The first-order valence-corrected chi connectivity index (χ1v) is 5.84. The van der Waals surface area contributed by atoms with Crippen LogP contribution in [-0.4, -0.2) is 28.8 Å². The Balaban J connectivity index is 2.09. The molecular formula is C14H14N4O. The van der Waals surface area contributed by atoms with E-state index in [4.69, 9.17) is 6.42 Å². The summed E-state index contributed by atoms with van der Waals surface area (Å²) in [5.74, 6) is 2.27. The van der Waals surface area contributed by atoms with Gasteiger partial charge in [0.2, 0.25) is 5.91 Å². The molecule has 0 saturated carbocycles. The van der Waals surface area contributed by atoms with Gasteiger partial charge < -0.3 is 5.32 Å². The first kappa shape index (κ1) is 12.9. The summed E-state index contributed by atoms with van der Waals surface area (Å²) in [5, 5.41) is 9.82.